The molecule has 0 radical (unpaired) electrons. The average Bonchev–Trinajstić information content (AvgIpc) is 2.87. The molecular weight excluding hydrogens is 341 g/mol. The number of benzene rings is 1. The summed E-state index contributed by atoms with van der Waals surface area (Å²) in [5.74, 6) is 0.0882. The molecule has 0 aliphatic carbocycles. The highest BCUT2D eigenvalue weighted by molar-refractivity contribution is 8.00. The van der Waals surface area contributed by atoms with Crippen LogP contribution in [0, 0.1) is 5.82 Å². The second-order valence-corrected chi connectivity index (χ2v) is 8.13. The van der Waals surface area contributed by atoms with E-state index in [2.05, 4.69) is 5.32 Å². The molecule has 1 aliphatic heterocycles. The van der Waals surface area contributed by atoms with Gasteiger partial charge >= 0.3 is 6.03 Å². The van der Waals surface area contributed by atoms with E-state index in [1.807, 2.05) is 33.8 Å². The van der Waals surface area contributed by atoms with E-state index in [1.165, 1.54) is 23.9 Å². The van der Waals surface area contributed by atoms with Crippen LogP contribution in [-0.2, 0) is 4.79 Å². The fraction of sp³-hybridized carbons (Fsp3) is 0.556. The lowest BCUT2D eigenvalue weighted by molar-refractivity contribution is -0.128. The summed E-state index contributed by atoms with van der Waals surface area (Å²) < 4.78 is 13.5. The summed E-state index contributed by atoms with van der Waals surface area (Å²) in [7, 11) is 0. The van der Waals surface area contributed by atoms with E-state index in [-0.39, 0.29) is 28.7 Å². The van der Waals surface area contributed by atoms with Crippen LogP contribution >= 0.6 is 11.8 Å². The van der Waals surface area contributed by atoms with Crippen molar-refractivity contribution in [3.63, 3.8) is 0 Å². The van der Waals surface area contributed by atoms with Gasteiger partial charge in [-0.25, -0.2) is 9.18 Å². The Hall–Kier alpha value is -1.76. The molecular formula is C18H26FN3O2S. The number of halogens is 1. The summed E-state index contributed by atoms with van der Waals surface area (Å²) in [6, 6.07) is 6.20. The molecule has 5 nitrogen and oxygen atoms in total. The number of carbonyl (C=O) groups is 2. The second kappa shape index (κ2) is 8.08. The SMILES string of the molecule is CCN(CCN1C(=O)CSC1c1cccc(F)c1)C(=O)NC(C)(C)C. The first-order valence-electron chi connectivity index (χ1n) is 8.45. The number of urea groups is 1. The zero-order chi connectivity index (χ0) is 18.6. The van der Waals surface area contributed by atoms with E-state index in [0.717, 1.165) is 5.56 Å². The third-order valence-electron chi connectivity index (χ3n) is 3.86. The van der Waals surface area contributed by atoms with Crippen LogP contribution in [0.4, 0.5) is 9.18 Å². The number of carbonyl (C=O) groups excluding carboxylic acids is 2. The van der Waals surface area contributed by atoms with Crippen LogP contribution < -0.4 is 5.32 Å². The van der Waals surface area contributed by atoms with Crippen molar-refractivity contribution in [3.8, 4) is 0 Å². The number of hydrogen-bond acceptors (Lipinski definition) is 3. The van der Waals surface area contributed by atoms with E-state index in [9.17, 15) is 14.0 Å². The van der Waals surface area contributed by atoms with Gasteiger partial charge < -0.3 is 15.1 Å². The van der Waals surface area contributed by atoms with Crippen molar-refractivity contribution < 1.29 is 14.0 Å². The summed E-state index contributed by atoms with van der Waals surface area (Å²) in [5.41, 5.74) is 0.464. The molecule has 1 heterocycles. The number of nitrogens with zero attached hydrogens (tertiary/aromatic N) is 2. The minimum Gasteiger partial charge on any atom is -0.333 e. The summed E-state index contributed by atoms with van der Waals surface area (Å²) in [6.07, 6.45) is 0. The molecule has 2 rings (SSSR count). The second-order valence-electron chi connectivity index (χ2n) is 7.07. The highest BCUT2D eigenvalue weighted by Gasteiger charge is 2.33. The quantitative estimate of drug-likeness (QED) is 0.869. The molecule has 7 heteroatoms. The van der Waals surface area contributed by atoms with Gasteiger partial charge in [-0.2, -0.15) is 0 Å². The Morgan fingerprint density at radius 1 is 1.44 bits per heavy atom. The molecule has 1 N–H and O–H groups in total. The van der Waals surface area contributed by atoms with E-state index in [4.69, 9.17) is 0 Å². The average molecular weight is 367 g/mol. The number of rotatable bonds is 5. The van der Waals surface area contributed by atoms with E-state index in [1.54, 1.807) is 15.9 Å². The van der Waals surface area contributed by atoms with Gasteiger partial charge in [0.2, 0.25) is 5.91 Å². The van der Waals surface area contributed by atoms with Gasteiger partial charge in [0.05, 0.1) is 5.75 Å². The van der Waals surface area contributed by atoms with Gasteiger partial charge in [-0.1, -0.05) is 12.1 Å². The third-order valence-corrected chi connectivity index (χ3v) is 5.12. The molecule has 1 unspecified atom stereocenters. The molecule has 1 fully saturated rings. The highest BCUT2D eigenvalue weighted by Crippen LogP contribution is 2.38. The largest absolute Gasteiger partial charge is 0.333 e. The maximum absolute atomic E-state index is 13.5. The van der Waals surface area contributed by atoms with Gasteiger partial charge in [0, 0.05) is 25.2 Å². The molecule has 138 valence electrons. The first kappa shape index (κ1) is 19.6. The highest BCUT2D eigenvalue weighted by atomic mass is 32.2. The summed E-state index contributed by atoms with van der Waals surface area (Å²) in [5, 5.41) is 2.73. The topological polar surface area (TPSA) is 52.7 Å². The summed E-state index contributed by atoms with van der Waals surface area (Å²) >= 11 is 1.49. The molecule has 0 saturated carbocycles. The van der Waals surface area contributed by atoms with Crippen LogP contribution in [0.3, 0.4) is 0 Å². The Balaban J connectivity index is 2.03. The van der Waals surface area contributed by atoms with Crippen LogP contribution in [-0.4, -0.2) is 52.7 Å². The van der Waals surface area contributed by atoms with Crippen molar-refractivity contribution in [2.75, 3.05) is 25.4 Å². The predicted octanol–water partition coefficient (Wildman–Crippen LogP) is 3.23. The first-order valence-corrected chi connectivity index (χ1v) is 9.50. The Labute approximate surface area is 152 Å². The van der Waals surface area contributed by atoms with Crippen LogP contribution in [0.5, 0.6) is 0 Å². The zero-order valence-corrected chi connectivity index (χ0v) is 16.0. The number of likely N-dealkylation sites (N-methyl/N-ethyl adjacent to an activating group) is 1. The van der Waals surface area contributed by atoms with Crippen molar-refractivity contribution in [1.29, 1.82) is 0 Å². The smallest absolute Gasteiger partial charge is 0.317 e. The van der Waals surface area contributed by atoms with Crippen molar-refractivity contribution >= 4 is 23.7 Å². The number of hydrogen-bond donors (Lipinski definition) is 1. The monoisotopic (exact) mass is 367 g/mol. The van der Waals surface area contributed by atoms with E-state index < -0.39 is 0 Å². The number of nitrogens with one attached hydrogen (secondary N) is 1. The fourth-order valence-electron chi connectivity index (χ4n) is 2.66. The van der Waals surface area contributed by atoms with Crippen molar-refractivity contribution in [2.45, 2.75) is 38.6 Å². The maximum Gasteiger partial charge on any atom is 0.317 e. The lowest BCUT2D eigenvalue weighted by atomic mass is 10.1. The van der Waals surface area contributed by atoms with E-state index in [0.29, 0.717) is 25.4 Å². The number of amides is 3. The maximum atomic E-state index is 13.5. The first-order chi connectivity index (χ1) is 11.7. The Bertz CT molecular complexity index is 633. The van der Waals surface area contributed by atoms with Crippen molar-refractivity contribution in [1.82, 2.24) is 15.1 Å². The molecule has 3 amide bonds. The molecule has 0 aromatic heterocycles. The minimum absolute atomic E-state index is 0.0199. The van der Waals surface area contributed by atoms with Gasteiger partial charge in [-0.3, -0.25) is 4.79 Å². The Kier molecular flexibility index (Phi) is 6.32. The molecule has 0 spiro atoms. The molecule has 1 aromatic carbocycles. The normalized spacial score (nSPS) is 17.7. The van der Waals surface area contributed by atoms with Crippen molar-refractivity contribution in [3.05, 3.63) is 35.6 Å². The Morgan fingerprint density at radius 2 is 2.16 bits per heavy atom. The summed E-state index contributed by atoms with van der Waals surface area (Å²) in [4.78, 5) is 28.0. The van der Waals surface area contributed by atoms with Crippen LogP contribution in [0.2, 0.25) is 0 Å². The van der Waals surface area contributed by atoms with Crippen molar-refractivity contribution in [2.24, 2.45) is 0 Å². The molecule has 1 aliphatic rings. The standard InChI is InChI=1S/C18H26FN3O2S/c1-5-21(17(24)20-18(2,3)4)9-10-22-15(23)12-25-16(22)13-7-6-8-14(19)11-13/h6-8,11,16H,5,9-10,12H2,1-4H3,(H,20,24). The fourth-order valence-corrected chi connectivity index (χ4v) is 3.87. The zero-order valence-electron chi connectivity index (χ0n) is 15.2. The summed E-state index contributed by atoms with van der Waals surface area (Å²) in [6.45, 7) is 9.13. The predicted molar refractivity (Wildman–Crippen MR) is 98.8 cm³/mol. The molecule has 1 atom stereocenters. The van der Waals surface area contributed by atoms with Gasteiger partial charge in [-0.15, -0.1) is 11.8 Å². The van der Waals surface area contributed by atoms with Gasteiger partial charge in [-0.05, 0) is 45.4 Å². The third kappa shape index (κ3) is 5.36. The van der Waals surface area contributed by atoms with Gasteiger partial charge in [0.25, 0.3) is 0 Å². The molecule has 1 aromatic rings. The molecule has 0 bridgehead atoms. The van der Waals surface area contributed by atoms with E-state index >= 15 is 0 Å². The van der Waals surface area contributed by atoms with Crippen LogP contribution in [0.1, 0.15) is 38.6 Å². The lowest BCUT2D eigenvalue weighted by Gasteiger charge is -2.30. The van der Waals surface area contributed by atoms with Crippen LogP contribution in [0.15, 0.2) is 24.3 Å². The molecule has 25 heavy (non-hydrogen) atoms. The van der Waals surface area contributed by atoms with Crippen LogP contribution in [0.25, 0.3) is 0 Å². The van der Waals surface area contributed by atoms with Gasteiger partial charge in [0.15, 0.2) is 0 Å². The lowest BCUT2D eigenvalue weighted by Crippen LogP contribution is -2.50. The Morgan fingerprint density at radius 3 is 2.76 bits per heavy atom. The minimum atomic E-state index is -0.312. The number of thioether (sulfide) groups is 1. The van der Waals surface area contributed by atoms with Gasteiger partial charge in [0.1, 0.15) is 11.2 Å². The molecule has 1 saturated heterocycles.